The van der Waals surface area contributed by atoms with Gasteiger partial charge in [0.2, 0.25) is 0 Å². The molecule has 0 aliphatic heterocycles. The summed E-state index contributed by atoms with van der Waals surface area (Å²) in [5, 5.41) is 3.05. The predicted octanol–water partition coefficient (Wildman–Crippen LogP) is 1.96. The second kappa shape index (κ2) is 13.8. The number of ether oxygens (including phenoxy) is 1. The van der Waals surface area contributed by atoms with E-state index < -0.39 is 0 Å². The Morgan fingerprint density at radius 1 is 1.42 bits per heavy atom. The molecular formula is C9H23NOS. The van der Waals surface area contributed by atoms with Gasteiger partial charge in [-0.3, -0.25) is 0 Å². The summed E-state index contributed by atoms with van der Waals surface area (Å²) in [5.74, 6) is 0.944. The van der Waals surface area contributed by atoms with Crippen LogP contribution in [0, 0.1) is 0 Å². The summed E-state index contributed by atoms with van der Waals surface area (Å²) in [4.78, 5) is 0. The van der Waals surface area contributed by atoms with Crippen molar-refractivity contribution in [3.63, 3.8) is 0 Å². The molecule has 76 valence electrons. The molecule has 0 fully saturated rings. The van der Waals surface area contributed by atoms with E-state index >= 15 is 0 Å². The molecule has 0 saturated heterocycles. The van der Waals surface area contributed by atoms with Crippen LogP contribution in [0.3, 0.4) is 0 Å². The van der Waals surface area contributed by atoms with E-state index in [-0.39, 0.29) is 0 Å². The third-order valence-corrected chi connectivity index (χ3v) is 1.10. The molecule has 0 radical (unpaired) electrons. The molecule has 2 nitrogen and oxygen atoms in total. The molecule has 0 aliphatic rings. The minimum atomic E-state index is 0.356. The lowest BCUT2D eigenvalue weighted by molar-refractivity contribution is 0.0678. The second-order valence-electron chi connectivity index (χ2n) is 2.56. The highest BCUT2D eigenvalue weighted by molar-refractivity contribution is 7.80. The van der Waals surface area contributed by atoms with Crippen molar-refractivity contribution in [3.05, 3.63) is 0 Å². The number of hydrogen-bond donors (Lipinski definition) is 2. The number of rotatable bonds is 5. The highest BCUT2D eigenvalue weighted by atomic mass is 32.1. The largest absolute Gasteiger partial charge is 0.377 e. The van der Waals surface area contributed by atoms with Crippen molar-refractivity contribution in [2.75, 3.05) is 26.0 Å². The Hall–Kier alpha value is 0.270. The van der Waals surface area contributed by atoms with E-state index in [0.29, 0.717) is 6.10 Å². The van der Waals surface area contributed by atoms with Crippen molar-refractivity contribution in [1.82, 2.24) is 5.32 Å². The minimum absolute atomic E-state index is 0.356. The van der Waals surface area contributed by atoms with Gasteiger partial charge in [0.1, 0.15) is 0 Å². The van der Waals surface area contributed by atoms with Crippen molar-refractivity contribution in [1.29, 1.82) is 0 Å². The van der Waals surface area contributed by atoms with Crippen LogP contribution in [0.15, 0.2) is 0 Å². The van der Waals surface area contributed by atoms with Crippen molar-refractivity contribution < 1.29 is 4.74 Å². The first kappa shape index (κ1) is 14.8. The minimum Gasteiger partial charge on any atom is -0.377 e. The van der Waals surface area contributed by atoms with Crippen molar-refractivity contribution in [2.24, 2.45) is 0 Å². The third kappa shape index (κ3) is 16.7. The molecule has 0 heterocycles. The summed E-state index contributed by atoms with van der Waals surface area (Å²) in [6.45, 7) is 8.00. The maximum Gasteiger partial charge on any atom is 0.0671 e. The summed E-state index contributed by atoms with van der Waals surface area (Å²) in [5.41, 5.74) is 0. The molecular weight excluding hydrogens is 170 g/mol. The van der Waals surface area contributed by atoms with Crippen molar-refractivity contribution >= 4 is 12.6 Å². The SMILES string of the molecule is CCCOC(C)CNC.CCS. The average molecular weight is 193 g/mol. The topological polar surface area (TPSA) is 21.3 Å². The van der Waals surface area contributed by atoms with Crippen LogP contribution < -0.4 is 5.32 Å². The van der Waals surface area contributed by atoms with Crippen LogP contribution in [-0.4, -0.2) is 32.1 Å². The Kier molecular flexibility index (Phi) is 17.0. The van der Waals surface area contributed by atoms with E-state index in [1.165, 1.54) is 0 Å². The molecule has 0 saturated carbocycles. The Balaban J connectivity index is 0. The van der Waals surface area contributed by atoms with Gasteiger partial charge in [-0.05, 0) is 26.1 Å². The monoisotopic (exact) mass is 193 g/mol. The maximum atomic E-state index is 5.37. The Morgan fingerprint density at radius 3 is 2.25 bits per heavy atom. The first-order chi connectivity index (χ1) is 5.72. The normalized spacial score (nSPS) is 11.8. The number of nitrogens with one attached hydrogen (secondary N) is 1. The fraction of sp³-hybridized carbons (Fsp3) is 1.00. The van der Waals surface area contributed by atoms with Crippen LogP contribution in [0.2, 0.25) is 0 Å². The zero-order valence-electron chi connectivity index (χ0n) is 8.76. The molecule has 0 bridgehead atoms. The van der Waals surface area contributed by atoms with Crippen LogP contribution in [0.4, 0.5) is 0 Å². The van der Waals surface area contributed by atoms with E-state index in [4.69, 9.17) is 4.74 Å². The molecule has 3 heteroatoms. The Bertz CT molecular complexity index is 71.5. The number of thiol groups is 1. The summed E-state index contributed by atoms with van der Waals surface area (Å²) < 4.78 is 5.37. The van der Waals surface area contributed by atoms with Gasteiger partial charge in [0, 0.05) is 13.2 Å². The third-order valence-electron chi connectivity index (χ3n) is 1.10. The lowest BCUT2D eigenvalue weighted by Crippen LogP contribution is -2.23. The molecule has 0 amide bonds. The second-order valence-corrected chi connectivity index (χ2v) is 3.19. The van der Waals surface area contributed by atoms with Gasteiger partial charge in [0.05, 0.1) is 6.10 Å². The lowest BCUT2D eigenvalue weighted by atomic mass is 10.4. The molecule has 0 rings (SSSR count). The zero-order valence-corrected chi connectivity index (χ0v) is 9.66. The Labute approximate surface area is 82.5 Å². The van der Waals surface area contributed by atoms with Gasteiger partial charge in [0.25, 0.3) is 0 Å². The molecule has 1 atom stereocenters. The predicted molar refractivity (Wildman–Crippen MR) is 59.2 cm³/mol. The van der Waals surface area contributed by atoms with Gasteiger partial charge in [-0.15, -0.1) is 0 Å². The van der Waals surface area contributed by atoms with Gasteiger partial charge in [-0.2, -0.15) is 12.6 Å². The van der Waals surface area contributed by atoms with Crippen LogP contribution in [0.25, 0.3) is 0 Å². The molecule has 0 aromatic carbocycles. The van der Waals surface area contributed by atoms with Crippen LogP contribution in [0.1, 0.15) is 27.2 Å². The van der Waals surface area contributed by atoms with Gasteiger partial charge in [-0.25, -0.2) is 0 Å². The quantitative estimate of drug-likeness (QED) is 0.651. The van der Waals surface area contributed by atoms with Gasteiger partial charge >= 0.3 is 0 Å². The molecule has 0 aromatic heterocycles. The summed E-state index contributed by atoms with van der Waals surface area (Å²) >= 11 is 3.79. The first-order valence-electron chi connectivity index (χ1n) is 4.59. The van der Waals surface area contributed by atoms with Crippen LogP contribution in [0.5, 0.6) is 0 Å². The summed E-state index contributed by atoms with van der Waals surface area (Å²) in [6, 6.07) is 0. The maximum absolute atomic E-state index is 5.37. The molecule has 0 aromatic rings. The fourth-order valence-electron chi connectivity index (χ4n) is 0.665. The molecule has 0 spiro atoms. The van der Waals surface area contributed by atoms with Gasteiger partial charge in [-0.1, -0.05) is 13.8 Å². The van der Waals surface area contributed by atoms with Crippen molar-refractivity contribution in [2.45, 2.75) is 33.3 Å². The lowest BCUT2D eigenvalue weighted by Gasteiger charge is -2.10. The Morgan fingerprint density at radius 2 is 1.92 bits per heavy atom. The standard InChI is InChI=1S/C7H17NO.C2H6S/c1-4-5-9-7(2)6-8-3;1-2-3/h7-8H,4-6H2,1-3H3;3H,2H2,1H3. The summed E-state index contributed by atoms with van der Waals surface area (Å²) in [6.07, 6.45) is 1.46. The van der Waals surface area contributed by atoms with Gasteiger partial charge < -0.3 is 10.1 Å². The number of likely N-dealkylation sites (N-methyl/N-ethyl adjacent to an activating group) is 1. The molecule has 1 unspecified atom stereocenters. The average Bonchev–Trinajstić information content (AvgIpc) is 2.03. The van der Waals surface area contributed by atoms with Crippen molar-refractivity contribution in [3.8, 4) is 0 Å². The highest BCUT2D eigenvalue weighted by Crippen LogP contribution is 1.88. The molecule has 12 heavy (non-hydrogen) atoms. The smallest absolute Gasteiger partial charge is 0.0671 e. The molecule has 0 aliphatic carbocycles. The van der Waals surface area contributed by atoms with E-state index in [9.17, 15) is 0 Å². The van der Waals surface area contributed by atoms with E-state index in [2.05, 4.69) is 31.8 Å². The van der Waals surface area contributed by atoms with E-state index in [1.54, 1.807) is 0 Å². The van der Waals surface area contributed by atoms with Crippen LogP contribution in [-0.2, 0) is 4.74 Å². The summed E-state index contributed by atoms with van der Waals surface area (Å²) in [7, 11) is 1.94. The zero-order chi connectivity index (χ0) is 9.82. The first-order valence-corrected chi connectivity index (χ1v) is 5.23. The van der Waals surface area contributed by atoms with E-state index in [1.807, 2.05) is 14.0 Å². The molecule has 1 N–H and O–H groups in total. The van der Waals surface area contributed by atoms with E-state index in [0.717, 1.165) is 25.3 Å². The highest BCUT2D eigenvalue weighted by Gasteiger charge is 1.96. The fourth-order valence-corrected chi connectivity index (χ4v) is 0.665. The van der Waals surface area contributed by atoms with Gasteiger partial charge in [0.15, 0.2) is 0 Å². The van der Waals surface area contributed by atoms with Crippen LogP contribution >= 0.6 is 12.6 Å². The number of hydrogen-bond acceptors (Lipinski definition) is 3.